The highest BCUT2D eigenvalue weighted by Gasteiger charge is 2.50. The first-order chi connectivity index (χ1) is 25.4. The number of methoxy groups -OCH3 is 1. The summed E-state index contributed by atoms with van der Waals surface area (Å²) in [5, 5.41) is 6.50. The number of carbonyl (C=O) groups excluding carboxylic acids is 1. The van der Waals surface area contributed by atoms with Gasteiger partial charge in [0.2, 0.25) is 11.8 Å². The Bertz CT molecular complexity index is 2450. The SMILES string of the molecule is COc1nc(-c2cccc(-c3cccc(Nc4nc(C(F)F)cc5c4c(=O)n(C)c(=O)n5C)c3C)c2Cl)cc2c1C(N1CC3(CNC(=O)CO3)C1)CC2. The molecule has 2 aromatic carbocycles. The number of hydrogen-bond donors (Lipinski definition) is 2. The van der Waals surface area contributed by atoms with Crippen molar-refractivity contribution in [3.63, 3.8) is 0 Å². The molecule has 5 heterocycles. The highest BCUT2D eigenvalue weighted by molar-refractivity contribution is 6.36. The van der Waals surface area contributed by atoms with Crippen molar-refractivity contribution in [3.8, 4) is 28.3 Å². The fourth-order valence-corrected chi connectivity index (χ4v) is 8.20. The van der Waals surface area contributed by atoms with Crippen LogP contribution in [0.15, 0.2) is 58.1 Å². The van der Waals surface area contributed by atoms with Gasteiger partial charge in [-0.15, -0.1) is 0 Å². The van der Waals surface area contributed by atoms with Crippen molar-refractivity contribution in [2.45, 2.75) is 37.8 Å². The van der Waals surface area contributed by atoms with Gasteiger partial charge < -0.3 is 20.1 Å². The number of halogens is 3. The molecule has 0 bridgehead atoms. The predicted molar refractivity (Wildman–Crippen MR) is 196 cm³/mol. The summed E-state index contributed by atoms with van der Waals surface area (Å²) >= 11 is 7.19. The van der Waals surface area contributed by atoms with E-state index in [2.05, 4.69) is 26.6 Å². The monoisotopic (exact) mass is 743 g/mol. The topological polar surface area (TPSA) is 133 Å². The van der Waals surface area contributed by atoms with Gasteiger partial charge in [-0.25, -0.2) is 23.5 Å². The number of likely N-dealkylation sites (tertiary alicyclic amines) is 1. The molecule has 3 aromatic heterocycles. The number of rotatable bonds is 7. The number of nitrogens with one attached hydrogen (secondary N) is 2. The maximum atomic E-state index is 14.0. The number of pyridine rings is 2. The second-order valence-corrected chi connectivity index (χ2v) is 14.2. The number of alkyl halides is 2. The molecule has 0 saturated carbocycles. The van der Waals surface area contributed by atoms with E-state index in [9.17, 15) is 23.2 Å². The van der Waals surface area contributed by atoms with E-state index in [1.54, 1.807) is 19.2 Å². The molecule has 1 unspecified atom stereocenters. The van der Waals surface area contributed by atoms with E-state index in [-0.39, 0.29) is 40.9 Å². The van der Waals surface area contributed by atoms with Gasteiger partial charge in [0.15, 0.2) is 0 Å². The molecule has 2 fully saturated rings. The molecule has 0 radical (unpaired) electrons. The zero-order chi connectivity index (χ0) is 37.3. The van der Waals surface area contributed by atoms with E-state index in [0.29, 0.717) is 53.0 Å². The van der Waals surface area contributed by atoms with Gasteiger partial charge in [-0.05, 0) is 54.7 Å². The van der Waals surface area contributed by atoms with Crippen LogP contribution in [0.1, 0.15) is 41.3 Å². The molecule has 2 N–H and O–H groups in total. The highest BCUT2D eigenvalue weighted by Crippen LogP contribution is 2.47. The fourth-order valence-electron chi connectivity index (χ4n) is 7.88. The number of aromatic nitrogens is 4. The normalized spacial score (nSPS) is 18.0. The molecule has 1 amide bonds. The quantitative estimate of drug-likeness (QED) is 0.231. The lowest BCUT2D eigenvalue weighted by Crippen LogP contribution is -2.70. The second-order valence-electron chi connectivity index (χ2n) is 13.9. The van der Waals surface area contributed by atoms with Crippen LogP contribution in [0.5, 0.6) is 5.88 Å². The van der Waals surface area contributed by atoms with Crippen LogP contribution in [0.4, 0.5) is 20.3 Å². The lowest BCUT2D eigenvalue weighted by atomic mass is 9.89. The lowest BCUT2D eigenvalue weighted by molar-refractivity contribution is -0.179. The highest BCUT2D eigenvalue weighted by atomic mass is 35.5. The number of hydrogen-bond acceptors (Lipinski definition) is 9. The van der Waals surface area contributed by atoms with Gasteiger partial charge in [0, 0.05) is 62.1 Å². The minimum atomic E-state index is -2.94. The summed E-state index contributed by atoms with van der Waals surface area (Å²) < 4.78 is 41.8. The van der Waals surface area contributed by atoms with E-state index >= 15 is 0 Å². The van der Waals surface area contributed by atoms with Gasteiger partial charge in [0.25, 0.3) is 12.0 Å². The Balaban J connectivity index is 1.13. The summed E-state index contributed by atoms with van der Waals surface area (Å²) in [4.78, 5) is 49.0. The summed E-state index contributed by atoms with van der Waals surface area (Å²) in [7, 11) is 4.36. The van der Waals surface area contributed by atoms with Crippen LogP contribution in [0.2, 0.25) is 5.02 Å². The van der Waals surface area contributed by atoms with E-state index in [4.69, 9.17) is 26.1 Å². The van der Waals surface area contributed by atoms with Crippen molar-refractivity contribution in [2.75, 3.05) is 38.7 Å². The number of aryl methyl sites for hydroxylation is 2. The Kier molecular flexibility index (Phi) is 8.58. The minimum Gasteiger partial charge on any atom is -0.481 e. The Labute approximate surface area is 307 Å². The summed E-state index contributed by atoms with van der Waals surface area (Å²) in [6.45, 7) is 3.87. The third-order valence-corrected chi connectivity index (χ3v) is 11.1. The van der Waals surface area contributed by atoms with E-state index in [0.717, 1.165) is 50.3 Å². The molecular formula is C38H36ClF2N7O5. The number of fused-ring (bicyclic) bond motifs is 2. The Morgan fingerprint density at radius 1 is 1.04 bits per heavy atom. The third kappa shape index (κ3) is 5.76. The van der Waals surface area contributed by atoms with Crippen LogP contribution in [0.25, 0.3) is 33.3 Å². The molecule has 274 valence electrons. The molecule has 1 spiro atoms. The fraction of sp³-hybridized carbons (Fsp3) is 0.342. The summed E-state index contributed by atoms with van der Waals surface area (Å²) in [5.41, 5.74) is 4.10. The average molecular weight is 744 g/mol. The summed E-state index contributed by atoms with van der Waals surface area (Å²) in [6, 6.07) is 14.4. The van der Waals surface area contributed by atoms with Gasteiger partial charge in [-0.1, -0.05) is 41.9 Å². The van der Waals surface area contributed by atoms with Crippen molar-refractivity contribution in [3.05, 3.63) is 96.8 Å². The van der Waals surface area contributed by atoms with Crippen molar-refractivity contribution >= 4 is 39.9 Å². The number of morpholine rings is 1. The first kappa shape index (κ1) is 34.9. The molecule has 15 heteroatoms. The maximum Gasteiger partial charge on any atom is 0.330 e. The first-order valence-corrected chi connectivity index (χ1v) is 17.5. The number of benzene rings is 2. The van der Waals surface area contributed by atoms with E-state index < -0.39 is 23.4 Å². The van der Waals surface area contributed by atoms with Gasteiger partial charge in [-0.2, -0.15) is 0 Å². The molecule has 2 saturated heterocycles. The van der Waals surface area contributed by atoms with Crippen LogP contribution in [0, 0.1) is 6.92 Å². The summed E-state index contributed by atoms with van der Waals surface area (Å²) in [5.74, 6) is 0.360. The van der Waals surface area contributed by atoms with E-state index in [1.807, 2.05) is 31.2 Å². The molecule has 1 atom stereocenters. The standard InChI is InChI=1S/C38H36ClF2N7O5/c1-19-21(7-6-10-24(19)43-34-31-28(14-26(44-34)33(40)41)46(2)37(51)47(3)36(31)50)22-8-5-9-23(32(22)39)25-13-20-11-12-27(30(20)35(45-25)52-4)48-17-38(18-48)16-42-29(49)15-53-38/h5-10,13-14,27,33H,11-12,15-18H2,1-4H3,(H,42,49)(H,43,44). The Morgan fingerprint density at radius 3 is 2.49 bits per heavy atom. The van der Waals surface area contributed by atoms with Crippen molar-refractivity contribution in [1.29, 1.82) is 0 Å². The average Bonchev–Trinajstić information content (AvgIpc) is 3.56. The maximum absolute atomic E-state index is 14.0. The van der Waals surface area contributed by atoms with Crippen molar-refractivity contribution in [1.82, 2.24) is 29.3 Å². The molecule has 1 aliphatic carbocycles. The molecule has 8 rings (SSSR count). The third-order valence-electron chi connectivity index (χ3n) is 10.7. The van der Waals surface area contributed by atoms with Crippen molar-refractivity contribution in [2.24, 2.45) is 14.1 Å². The van der Waals surface area contributed by atoms with Crippen LogP contribution in [-0.4, -0.2) is 68.9 Å². The van der Waals surface area contributed by atoms with Gasteiger partial charge >= 0.3 is 5.69 Å². The summed E-state index contributed by atoms with van der Waals surface area (Å²) in [6.07, 6.45) is -1.20. The second kappa shape index (κ2) is 13.0. The largest absolute Gasteiger partial charge is 0.481 e. The lowest BCUT2D eigenvalue weighted by Gasteiger charge is -2.53. The zero-order valence-electron chi connectivity index (χ0n) is 29.4. The zero-order valence-corrected chi connectivity index (χ0v) is 30.2. The predicted octanol–water partition coefficient (Wildman–Crippen LogP) is 5.20. The van der Waals surface area contributed by atoms with Crippen LogP contribution < -0.4 is 26.6 Å². The number of amides is 1. The van der Waals surface area contributed by atoms with Gasteiger partial charge in [-0.3, -0.25) is 23.6 Å². The number of carbonyl (C=O) groups is 1. The van der Waals surface area contributed by atoms with Gasteiger partial charge in [0.05, 0.1) is 23.3 Å². The molecule has 2 aliphatic heterocycles. The number of anilines is 2. The first-order valence-electron chi connectivity index (χ1n) is 17.2. The molecule has 3 aliphatic rings. The molecular weight excluding hydrogens is 708 g/mol. The number of ether oxygens (including phenoxy) is 2. The molecule has 5 aromatic rings. The van der Waals surface area contributed by atoms with Crippen LogP contribution in [0.3, 0.4) is 0 Å². The van der Waals surface area contributed by atoms with E-state index in [1.165, 1.54) is 14.1 Å². The Hall–Kier alpha value is -5.18. The minimum absolute atomic E-state index is 0.00661. The van der Waals surface area contributed by atoms with Crippen LogP contribution >= 0.6 is 11.6 Å². The van der Waals surface area contributed by atoms with Crippen LogP contribution in [-0.2, 0) is 30.0 Å². The smallest absolute Gasteiger partial charge is 0.330 e. The number of nitrogens with zero attached hydrogens (tertiary/aromatic N) is 5. The molecule has 53 heavy (non-hydrogen) atoms. The van der Waals surface area contributed by atoms with Gasteiger partial charge in [0.1, 0.15) is 29.1 Å². The molecule has 12 nitrogen and oxygen atoms in total. The van der Waals surface area contributed by atoms with Crippen molar-refractivity contribution < 1.29 is 23.0 Å². The Morgan fingerprint density at radius 2 is 1.77 bits per heavy atom.